The van der Waals surface area contributed by atoms with Crippen molar-refractivity contribution in [3.05, 3.63) is 64.9 Å². The lowest BCUT2D eigenvalue weighted by molar-refractivity contribution is 0.0730. The number of benzene rings is 1. The Kier molecular flexibility index (Phi) is 3.76. The summed E-state index contributed by atoms with van der Waals surface area (Å²) in [5, 5.41) is 8.44. The van der Waals surface area contributed by atoms with Gasteiger partial charge in [0.25, 0.3) is 5.91 Å². The SMILES string of the molecule is Cc1cccc(C(=O)N2CCc3c(nnn3-c3cnccn3)C2)c1C. The average Bonchev–Trinajstić information content (AvgIpc) is 3.07. The molecule has 0 fully saturated rings. The van der Waals surface area contributed by atoms with Gasteiger partial charge in [0, 0.05) is 30.9 Å². The van der Waals surface area contributed by atoms with Gasteiger partial charge in [-0.3, -0.25) is 9.78 Å². The Morgan fingerprint density at radius 2 is 2.08 bits per heavy atom. The first-order valence-electron chi connectivity index (χ1n) is 8.20. The molecule has 1 aliphatic heterocycles. The molecule has 1 amide bonds. The molecule has 4 rings (SSSR count). The molecule has 0 radical (unpaired) electrons. The van der Waals surface area contributed by atoms with Crippen LogP contribution in [-0.2, 0) is 13.0 Å². The van der Waals surface area contributed by atoms with Crippen molar-refractivity contribution in [1.29, 1.82) is 0 Å². The van der Waals surface area contributed by atoms with E-state index < -0.39 is 0 Å². The molecular formula is C18H18N6O. The van der Waals surface area contributed by atoms with Crippen molar-refractivity contribution < 1.29 is 4.79 Å². The van der Waals surface area contributed by atoms with Crippen LogP contribution in [0.1, 0.15) is 32.9 Å². The Morgan fingerprint density at radius 1 is 1.20 bits per heavy atom. The van der Waals surface area contributed by atoms with Gasteiger partial charge in [0.2, 0.25) is 0 Å². The van der Waals surface area contributed by atoms with Gasteiger partial charge in [0.05, 0.1) is 18.4 Å². The highest BCUT2D eigenvalue weighted by Gasteiger charge is 2.27. The number of fused-ring (bicyclic) bond motifs is 1. The van der Waals surface area contributed by atoms with Crippen LogP contribution in [0.3, 0.4) is 0 Å². The molecule has 2 aromatic heterocycles. The van der Waals surface area contributed by atoms with Crippen molar-refractivity contribution in [2.24, 2.45) is 0 Å². The standard InChI is InChI=1S/C18H18N6O/c1-12-4-3-5-14(13(12)2)18(25)23-9-6-16-15(11-23)21-22-24(16)17-10-19-7-8-20-17/h3-5,7-8,10H,6,9,11H2,1-2H3. The average molecular weight is 334 g/mol. The molecule has 0 bridgehead atoms. The molecule has 0 saturated heterocycles. The molecule has 1 aromatic carbocycles. The molecule has 3 aromatic rings. The van der Waals surface area contributed by atoms with E-state index in [0.717, 1.165) is 28.1 Å². The summed E-state index contributed by atoms with van der Waals surface area (Å²) in [6, 6.07) is 5.83. The van der Waals surface area contributed by atoms with Crippen LogP contribution in [0, 0.1) is 13.8 Å². The van der Waals surface area contributed by atoms with E-state index in [-0.39, 0.29) is 5.91 Å². The summed E-state index contributed by atoms with van der Waals surface area (Å²) in [6.45, 7) is 5.10. The van der Waals surface area contributed by atoms with Crippen molar-refractivity contribution in [3.63, 3.8) is 0 Å². The lowest BCUT2D eigenvalue weighted by atomic mass is 10.0. The summed E-state index contributed by atoms with van der Waals surface area (Å²) < 4.78 is 1.71. The van der Waals surface area contributed by atoms with Crippen LogP contribution in [0.5, 0.6) is 0 Å². The molecule has 1 aliphatic rings. The van der Waals surface area contributed by atoms with E-state index in [9.17, 15) is 4.79 Å². The third-order valence-corrected chi connectivity index (χ3v) is 4.69. The maximum absolute atomic E-state index is 12.9. The van der Waals surface area contributed by atoms with Gasteiger partial charge in [-0.15, -0.1) is 5.10 Å². The number of amides is 1. The van der Waals surface area contributed by atoms with Gasteiger partial charge >= 0.3 is 0 Å². The van der Waals surface area contributed by atoms with Crippen LogP contribution in [0.15, 0.2) is 36.8 Å². The number of aromatic nitrogens is 5. The van der Waals surface area contributed by atoms with Gasteiger partial charge in [-0.2, -0.15) is 4.68 Å². The molecule has 0 unspecified atom stereocenters. The first-order chi connectivity index (χ1) is 12.1. The van der Waals surface area contributed by atoms with Crippen molar-refractivity contribution in [1.82, 2.24) is 29.9 Å². The topological polar surface area (TPSA) is 76.8 Å². The molecular weight excluding hydrogens is 316 g/mol. The van der Waals surface area contributed by atoms with Crippen LogP contribution in [-0.4, -0.2) is 42.3 Å². The molecule has 7 heteroatoms. The highest BCUT2D eigenvalue weighted by molar-refractivity contribution is 5.96. The summed E-state index contributed by atoms with van der Waals surface area (Å²) in [6.07, 6.45) is 5.60. The maximum atomic E-state index is 12.9. The number of carbonyl (C=O) groups excluding carboxylic acids is 1. The number of aryl methyl sites for hydroxylation is 1. The molecule has 0 saturated carbocycles. The van der Waals surface area contributed by atoms with Gasteiger partial charge in [0.1, 0.15) is 5.69 Å². The van der Waals surface area contributed by atoms with Gasteiger partial charge < -0.3 is 4.90 Å². The molecule has 0 atom stereocenters. The Hall–Kier alpha value is -3.09. The fraction of sp³-hybridized carbons (Fsp3) is 0.278. The number of rotatable bonds is 2. The summed E-state index contributed by atoms with van der Waals surface area (Å²) in [4.78, 5) is 23.1. The van der Waals surface area contributed by atoms with Crippen molar-refractivity contribution in [2.45, 2.75) is 26.8 Å². The summed E-state index contributed by atoms with van der Waals surface area (Å²) in [5.41, 5.74) is 4.71. The molecule has 0 spiro atoms. The Morgan fingerprint density at radius 3 is 2.88 bits per heavy atom. The predicted molar refractivity (Wildman–Crippen MR) is 91.3 cm³/mol. The number of hydrogen-bond donors (Lipinski definition) is 0. The lowest BCUT2D eigenvalue weighted by Crippen LogP contribution is -2.37. The molecule has 25 heavy (non-hydrogen) atoms. The third-order valence-electron chi connectivity index (χ3n) is 4.69. The second-order valence-corrected chi connectivity index (χ2v) is 6.18. The van der Waals surface area contributed by atoms with Gasteiger partial charge in [-0.05, 0) is 31.0 Å². The quantitative estimate of drug-likeness (QED) is 0.715. The van der Waals surface area contributed by atoms with Crippen LogP contribution in [0.25, 0.3) is 5.82 Å². The van der Waals surface area contributed by atoms with Gasteiger partial charge in [-0.1, -0.05) is 17.3 Å². The largest absolute Gasteiger partial charge is 0.332 e. The number of carbonyl (C=O) groups is 1. The van der Waals surface area contributed by atoms with Crippen molar-refractivity contribution in [2.75, 3.05) is 6.54 Å². The van der Waals surface area contributed by atoms with Crippen LogP contribution >= 0.6 is 0 Å². The Bertz CT molecular complexity index is 934. The summed E-state index contributed by atoms with van der Waals surface area (Å²) in [7, 11) is 0. The van der Waals surface area contributed by atoms with E-state index in [1.165, 1.54) is 0 Å². The van der Waals surface area contributed by atoms with Crippen LogP contribution < -0.4 is 0 Å². The van der Waals surface area contributed by atoms with Crippen molar-refractivity contribution in [3.8, 4) is 5.82 Å². The second-order valence-electron chi connectivity index (χ2n) is 6.18. The van der Waals surface area contributed by atoms with Crippen LogP contribution in [0.4, 0.5) is 0 Å². The molecule has 0 N–H and O–H groups in total. The normalized spacial score (nSPS) is 13.6. The van der Waals surface area contributed by atoms with Gasteiger partial charge in [0.15, 0.2) is 5.82 Å². The van der Waals surface area contributed by atoms with Crippen molar-refractivity contribution >= 4 is 5.91 Å². The fourth-order valence-corrected chi connectivity index (χ4v) is 3.12. The second kappa shape index (κ2) is 6.08. The minimum absolute atomic E-state index is 0.0425. The summed E-state index contributed by atoms with van der Waals surface area (Å²) >= 11 is 0. The zero-order valence-electron chi connectivity index (χ0n) is 14.2. The zero-order valence-corrected chi connectivity index (χ0v) is 14.2. The van der Waals surface area contributed by atoms with E-state index in [4.69, 9.17) is 0 Å². The smallest absolute Gasteiger partial charge is 0.254 e. The highest BCUT2D eigenvalue weighted by atomic mass is 16.2. The van der Waals surface area contributed by atoms with Crippen LogP contribution in [0.2, 0.25) is 0 Å². The lowest BCUT2D eigenvalue weighted by Gasteiger charge is -2.27. The molecule has 0 aliphatic carbocycles. The minimum atomic E-state index is 0.0425. The molecule has 7 nitrogen and oxygen atoms in total. The minimum Gasteiger partial charge on any atom is -0.332 e. The van der Waals surface area contributed by atoms with E-state index in [1.807, 2.05) is 36.9 Å². The Balaban J connectivity index is 1.61. The Labute approximate surface area is 145 Å². The fourth-order valence-electron chi connectivity index (χ4n) is 3.12. The number of hydrogen-bond acceptors (Lipinski definition) is 5. The van der Waals surface area contributed by atoms with Gasteiger partial charge in [-0.25, -0.2) is 4.98 Å². The first-order valence-corrected chi connectivity index (χ1v) is 8.20. The van der Waals surface area contributed by atoms with E-state index in [0.29, 0.717) is 25.3 Å². The zero-order chi connectivity index (χ0) is 17.4. The number of nitrogens with zero attached hydrogens (tertiary/aromatic N) is 6. The third kappa shape index (κ3) is 2.67. The maximum Gasteiger partial charge on any atom is 0.254 e. The highest BCUT2D eigenvalue weighted by Crippen LogP contribution is 2.22. The molecule has 3 heterocycles. The monoisotopic (exact) mass is 334 g/mol. The van der Waals surface area contributed by atoms with E-state index in [2.05, 4.69) is 20.3 Å². The predicted octanol–water partition coefficient (Wildman–Crippen LogP) is 1.87. The first kappa shape index (κ1) is 15.4. The molecule has 126 valence electrons. The summed E-state index contributed by atoms with van der Waals surface area (Å²) in [5.74, 6) is 0.687. The van der Waals surface area contributed by atoms with E-state index >= 15 is 0 Å². The van der Waals surface area contributed by atoms with E-state index in [1.54, 1.807) is 23.3 Å².